The average Bonchev–Trinajstić information content (AvgIpc) is 2.71. The van der Waals surface area contributed by atoms with Crippen molar-refractivity contribution >= 4 is 28.2 Å². The van der Waals surface area contributed by atoms with Crippen LogP contribution in [0.15, 0.2) is 41.2 Å². The van der Waals surface area contributed by atoms with Crippen LogP contribution in [0.2, 0.25) is 0 Å². The van der Waals surface area contributed by atoms with Crippen LogP contribution in [0.4, 0.5) is 11.4 Å². The van der Waals surface area contributed by atoms with E-state index in [2.05, 4.69) is 10.3 Å². The molecule has 0 radical (unpaired) electrons. The van der Waals surface area contributed by atoms with E-state index in [4.69, 9.17) is 9.47 Å². The number of rotatable bonds is 6. The standard InChI is InChI=1S/C21H21N3O6/c1-11(2)14-9-20(25)23-16-7-12(5-6-13(14)16)22-21(26)15-8-18(29-3)19(30-4)10-17(15)24(27)28/h5-11H,1-4H3,(H,22,26)(H,23,25). The lowest BCUT2D eigenvalue weighted by Gasteiger charge is -2.13. The summed E-state index contributed by atoms with van der Waals surface area (Å²) in [5.41, 5.74) is 0.995. The van der Waals surface area contributed by atoms with Crippen LogP contribution in [-0.4, -0.2) is 30.0 Å². The summed E-state index contributed by atoms with van der Waals surface area (Å²) in [7, 11) is 2.72. The first-order valence-electron chi connectivity index (χ1n) is 9.14. The van der Waals surface area contributed by atoms with E-state index in [-0.39, 0.29) is 28.5 Å². The van der Waals surface area contributed by atoms with E-state index >= 15 is 0 Å². The number of anilines is 1. The number of pyridine rings is 1. The number of nitro groups is 1. The van der Waals surface area contributed by atoms with E-state index in [1.54, 1.807) is 24.3 Å². The van der Waals surface area contributed by atoms with Gasteiger partial charge in [0.1, 0.15) is 5.56 Å². The number of amides is 1. The van der Waals surface area contributed by atoms with Gasteiger partial charge in [-0.1, -0.05) is 19.9 Å². The summed E-state index contributed by atoms with van der Waals surface area (Å²) in [6.07, 6.45) is 0. The van der Waals surface area contributed by atoms with E-state index in [9.17, 15) is 19.7 Å². The van der Waals surface area contributed by atoms with Crippen molar-refractivity contribution in [3.63, 3.8) is 0 Å². The molecule has 2 N–H and O–H groups in total. The molecule has 1 heterocycles. The Labute approximate surface area is 171 Å². The van der Waals surface area contributed by atoms with Gasteiger partial charge in [-0.15, -0.1) is 0 Å². The fourth-order valence-electron chi connectivity index (χ4n) is 3.24. The number of ether oxygens (including phenoxy) is 2. The summed E-state index contributed by atoms with van der Waals surface area (Å²) >= 11 is 0. The summed E-state index contributed by atoms with van der Waals surface area (Å²) in [6.45, 7) is 3.97. The van der Waals surface area contributed by atoms with E-state index in [1.807, 2.05) is 13.8 Å². The molecule has 0 aliphatic heterocycles. The zero-order chi connectivity index (χ0) is 22.0. The molecule has 1 amide bonds. The maximum absolute atomic E-state index is 12.8. The molecule has 0 saturated carbocycles. The number of fused-ring (bicyclic) bond motifs is 1. The largest absolute Gasteiger partial charge is 0.493 e. The molecule has 0 spiro atoms. The second-order valence-corrected chi connectivity index (χ2v) is 6.94. The van der Waals surface area contributed by atoms with E-state index in [1.165, 1.54) is 20.3 Å². The van der Waals surface area contributed by atoms with Crippen molar-refractivity contribution in [1.82, 2.24) is 4.98 Å². The van der Waals surface area contributed by atoms with Gasteiger partial charge in [-0.05, 0) is 23.6 Å². The Morgan fingerprint density at radius 1 is 1.10 bits per heavy atom. The Balaban J connectivity index is 2.03. The monoisotopic (exact) mass is 411 g/mol. The molecule has 2 aromatic carbocycles. The first-order valence-corrected chi connectivity index (χ1v) is 9.14. The number of methoxy groups -OCH3 is 2. The Morgan fingerprint density at radius 3 is 2.37 bits per heavy atom. The number of benzene rings is 2. The number of aromatic amines is 1. The van der Waals surface area contributed by atoms with Gasteiger partial charge in [-0.25, -0.2) is 0 Å². The molecule has 0 fully saturated rings. The molecule has 3 rings (SSSR count). The minimum Gasteiger partial charge on any atom is -0.493 e. The molecule has 3 aromatic rings. The van der Waals surface area contributed by atoms with Gasteiger partial charge in [-0.3, -0.25) is 19.7 Å². The number of nitrogens with one attached hydrogen (secondary N) is 2. The van der Waals surface area contributed by atoms with Crippen molar-refractivity contribution in [1.29, 1.82) is 0 Å². The number of hydrogen-bond donors (Lipinski definition) is 2. The van der Waals surface area contributed by atoms with Gasteiger partial charge in [0.15, 0.2) is 11.5 Å². The molecule has 0 saturated heterocycles. The minimum atomic E-state index is -0.690. The van der Waals surface area contributed by atoms with Crippen molar-refractivity contribution in [3.8, 4) is 11.5 Å². The molecule has 0 aliphatic rings. The highest BCUT2D eigenvalue weighted by Crippen LogP contribution is 2.35. The molecule has 0 aliphatic carbocycles. The van der Waals surface area contributed by atoms with Crippen molar-refractivity contribution in [2.45, 2.75) is 19.8 Å². The van der Waals surface area contributed by atoms with Crippen molar-refractivity contribution in [3.05, 3.63) is 68.0 Å². The van der Waals surface area contributed by atoms with Crippen LogP contribution in [0.1, 0.15) is 35.7 Å². The van der Waals surface area contributed by atoms with Crippen molar-refractivity contribution < 1.29 is 19.2 Å². The lowest BCUT2D eigenvalue weighted by Crippen LogP contribution is -2.15. The van der Waals surface area contributed by atoms with Crippen LogP contribution in [0.5, 0.6) is 11.5 Å². The summed E-state index contributed by atoms with van der Waals surface area (Å²) in [4.78, 5) is 38.3. The molecular weight excluding hydrogens is 390 g/mol. The van der Waals surface area contributed by atoms with Gasteiger partial charge < -0.3 is 19.8 Å². The number of H-pyrrole nitrogens is 1. The quantitative estimate of drug-likeness (QED) is 0.469. The third-order valence-electron chi connectivity index (χ3n) is 4.70. The van der Waals surface area contributed by atoms with Gasteiger partial charge >= 0.3 is 0 Å². The van der Waals surface area contributed by atoms with Crippen LogP contribution < -0.4 is 20.3 Å². The highest BCUT2D eigenvalue weighted by Gasteiger charge is 2.24. The predicted octanol–water partition coefficient (Wildman–Crippen LogP) is 3.83. The van der Waals surface area contributed by atoms with Crippen molar-refractivity contribution in [2.75, 3.05) is 19.5 Å². The Morgan fingerprint density at radius 2 is 1.77 bits per heavy atom. The molecule has 0 atom stereocenters. The number of carbonyl (C=O) groups is 1. The number of hydrogen-bond acceptors (Lipinski definition) is 6. The van der Waals surface area contributed by atoms with Gasteiger partial charge in [-0.2, -0.15) is 0 Å². The summed E-state index contributed by atoms with van der Waals surface area (Å²) < 4.78 is 10.2. The van der Waals surface area contributed by atoms with Crippen molar-refractivity contribution in [2.24, 2.45) is 0 Å². The minimum absolute atomic E-state index is 0.143. The highest BCUT2D eigenvalue weighted by molar-refractivity contribution is 6.08. The molecule has 0 bridgehead atoms. The van der Waals surface area contributed by atoms with Gasteiger partial charge in [0.25, 0.3) is 11.6 Å². The molecular formula is C21H21N3O6. The van der Waals surface area contributed by atoms with Crippen LogP contribution in [0, 0.1) is 10.1 Å². The molecule has 9 nitrogen and oxygen atoms in total. The topological polar surface area (TPSA) is 124 Å². The SMILES string of the molecule is COc1cc(C(=O)Nc2ccc3c(C(C)C)cc(=O)[nH]c3c2)c([N+](=O)[O-])cc1OC. The second kappa shape index (κ2) is 8.24. The third-order valence-corrected chi connectivity index (χ3v) is 4.70. The molecule has 9 heteroatoms. The zero-order valence-electron chi connectivity index (χ0n) is 16.9. The average molecular weight is 411 g/mol. The lowest BCUT2D eigenvalue weighted by molar-refractivity contribution is -0.385. The van der Waals surface area contributed by atoms with Crippen LogP contribution in [0.25, 0.3) is 10.9 Å². The molecule has 0 unspecified atom stereocenters. The van der Waals surface area contributed by atoms with Gasteiger partial charge in [0, 0.05) is 23.2 Å². The lowest BCUT2D eigenvalue weighted by atomic mass is 9.99. The van der Waals surface area contributed by atoms with Crippen LogP contribution >= 0.6 is 0 Å². The maximum atomic E-state index is 12.8. The molecule has 30 heavy (non-hydrogen) atoms. The number of carbonyl (C=O) groups excluding carboxylic acids is 1. The van der Waals surface area contributed by atoms with Crippen LogP contribution in [0.3, 0.4) is 0 Å². The number of nitrogens with zero attached hydrogens (tertiary/aromatic N) is 1. The second-order valence-electron chi connectivity index (χ2n) is 6.94. The Hall–Kier alpha value is -3.88. The van der Waals surface area contributed by atoms with Gasteiger partial charge in [0.2, 0.25) is 5.56 Å². The molecule has 1 aromatic heterocycles. The summed E-state index contributed by atoms with van der Waals surface area (Å²) in [6, 6.07) is 9.04. The first-order chi connectivity index (χ1) is 14.2. The Kier molecular flexibility index (Phi) is 5.72. The van der Waals surface area contributed by atoms with Crippen LogP contribution in [-0.2, 0) is 0 Å². The predicted molar refractivity (Wildman–Crippen MR) is 113 cm³/mol. The first kappa shape index (κ1) is 20.8. The molecule has 156 valence electrons. The number of nitro benzene ring substituents is 1. The number of aromatic nitrogens is 1. The van der Waals surface area contributed by atoms with E-state index in [0.29, 0.717) is 11.2 Å². The summed E-state index contributed by atoms with van der Waals surface area (Å²) in [5.74, 6) is -0.211. The Bertz CT molecular complexity index is 1200. The fraction of sp³-hybridized carbons (Fsp3) is 0.238. The highest BCUT2D eigenvalue weighted by atomic mass is 16.6. The fourth-order valence-corrected chi connectivity index (χ4v) is 3.24. The zero-order valence-corrected chi connectivity index (χ0v) is 16.9. The van der Waals surface area contributed by atoms with E-state index in [0.717, 1.165) is 17.0 Å². The normalized spacial score (nSPS) is 10.8. The third kappa shape index (κ3) is 3.95. The van der Waals surface area contributed by atoms with Gasteiger partial charge in [0.05, 0.1) is 30.7 Å². The maximum Gasteiger partial charge on any atom is 0.286 e. The smallest absolute Gasteiger partial charge is 0.286 e. The van der Waals surface area contributed by atoms with E-state index < -0.39 is 16.5 Å². The summed E-state index contributed by atoms with van der Waals surface area (Å²) in [5, 5.41) is 15.0.